The molecule has 1 amide bonds. The highest BCUT2D eigenvalue weighted by Gasteiger charge is 2.48. The molecule has 0 aliphatic carbocycles. The molecule has 2 heterocycles. The van der Waals surface area contributed by atoms with Crippen molar-refractivity contribution in [1.29, 1.82) is 0 Å². The molecule has 0 aromatic heterocycles. The zero-order valence-corrected chi connectivity index (χ0v) is 17.4. The SMILES string of the molecule is O=C(Cc1ccccc1)N=C1S[C@H]2CS(=O)(=O)C[C@@H]2N1Cc1ccc(Cl)cc1. The Bertz CT molecular complexity index is 1010. The third-order valence-corrected chi connectivity index (χ3v) is 8.36. The molecule has 4 rings (SSSR count). The third kappa shape index (κ3) is 4.42. The Balaban J connectivity index is 1.57. The number of benzene rings is 2. The van der Waals surface area contributed by atoms with Crippen molar-refractivity contribution in [2.24, 2.45) is 4.99 Å². The molecule has 0 unspecified atom stereocenters. The van der Waals surface area contributed by atoms with Crippen LogP contribution in [-0.2, 0) is 27.6 Å². The van der Waals surface area contributed by atoms with Crippen molar-refractivity contribution < 1.29 is 13.2 Å². The first-order chi connectivity index (χ1) is 13.4. The number of carbonyl (C=O) groups excluding carboxylic acids is 1. The Kier molecular flexibility index (Phi) is 5.49. The monoisotopic (exact) mass is 434 g/mol. The first-order valence-corrected chi connectivity index (χ1v) is 12.0. The molecular formula is C20H19ClN2O3S2. The van der Waals surface area contributed by atoms with Gasteiger partial charge in [-0.3, -0.25) is 4.79 Å². The molecule has 28 heavy (non-hydrogen) atoms. The maximum atomic E-state index is 12.5. The van der Waals surface area contributed by atoms with Crippen LogP contribution in [0.5, 0.6) is 0 Å². The Labute approximate surface area is 173 Å². The number of sulfone groups is 1. The van der Waals surface area contributed by atoms with E-state index >= 15 is 0 Å². The molecule has 2 aliphatic rings. The normalized spacial score (nSPS) is 24.5. The minimum absolute atomic E-state index is 0.0828. The summed E-state index contributed by atoms with van der Waals surface area (Å²) in [6.45, 7) is 0.498. The fourth-order valence-corrected chi connectivity index (χ4v) is 7.62. The molecule has 2 saturated heterocycles. The molecule has 8 heteroatoms. The quantitative estimate of drug-likeness (QED) is 0.739. The summed E-state index contributed by atoms with van der Waals surface area (Å²) in [4.78, 5) is 18.8. The summed E-state index contributed by atoms with van der Waals surface area (Å²) in [6, 6.07) is 16.8. The largest absolute Gasteiger partial charge is 0.342 e. The molecule has 0 radical (unpaired) electrons. The van der Waals surface area contributed by atoms with Gasteiger partial charge in [0.2, 0.25) is 0 Å². The number of thioether (sulfide) groups is 1. The second-order valence-electron chi connectivity index (χ2n) is 7.01. The van der Waals surface area contributed by atoms with Crippen molar-refractivity contribution in [1.82, 2.24) is 4.90 Å². The molecule has 0 N–H and O–H groups in total. The summed E-state index contributed by atoms with van der Waals surface area (Å²) in [5.41, 5.74) is 1.91. The maximum Gasteiger partial charge on any atom is 0.252 e. The number of halogens is 1. The molecule has 2 aliphatic heterocycles. The van der Waals surface area contributed by atoms with Crippen LogP contribution in [0.25, 0.3) is 0 Å². The van der Waals surface area contributed by atoms with Gasteiger partial charge in [0.1, 0.15) is 0 Å². The van der Waals surface area contributed by atoms with Crippen LogP contribution in [0, 0.1) is 0 Å². The van der Waals surface area contributed by atoms with E-state index < -0.39 is 9.84 Å². The first kappa shape index (κ1) is 19.5. The standard InChI is InChI=1S/C20H19ClN2O3S2/c21-16-8-6-15(7-9-16)11-23-17-12-28(25,26)13-18(17)27-20(23)22-19(24)10-14-4-2-1-3-5-14/h1-9,17-18H,10-13H2/t17-,18-/m0/s1. The predicted molar refractivity (Wildman–Crippen MR) is 113 cm³/mol. The van der Waals surface area contributed by atoms with Crippen LogP contribution in [0.15, 0.2) is 59.6 Å². The number of fused-ring (bicyclic) bond motifs is 1. The average molecular weight is 435 g/mol. The van der Waals surface area contributed by atoms with Crippen molar-refractivity contribution in [3.05, 3.63) is 70.7 Å². The van der Waals surface area contributed by atoms with Crippen LogP contribution in [0.1, 0.15) is 11.1 Å². The van der Waals surface area contributed by atoms with Crippen molar-refractivity contribution in [2.45, 2.75) is 24.3 Å². The van der Waals surface area contributed by atoms with Gasteiger partial charge in [-0.05, 0) is 23.3 Å². The van der Waals surface area contributed by atoms with Crippen LogP contribution < -0.4 is 0 Å². The van der Waals surface area contributed by atoms with Gasteiger partial charge in [-0.1, -0.05) is 65.8 Å². The van der Waals surface area contributed by atoms with Crippen LogP contribution in [0.3, 0.4) is 0 Å². The van der Waals surface area contributed by atoms with Gasteiger partial charge >= 0.3 is 0 Å². The number of hydrogen-bond donors (Lipinski definition) is 0. The second-order valence-corrected chi connectivity index (χ2v) is 10.8. The van der Waals surface area contributed by atoms with E-state index in [1.54, 1.807) is 12.1 Å². The lowest BCUT2D eigenvalue weighted by Crippen LogP contribution is -2.37. The molecule has 0 saturated carbocycles. The van der Waals surface area contributed by atoms with Crippen molar-refractivity contribution >= 4 is 44.3 Å². The second kappa shape index (κ2) is 7.89. The molecule has 2 fully saturated rings. The lowest BCUT2D eigenvalue weighted by atomic mass is 10.1. The molecule has 2 aromatic carbocycles. The Morgan fingerprint density at radius 1 is 1.07 bits per heavy atom. The van der Waals surface area contributed by atoms with Crippen molar-refractivity contribution in [2.75, 3.05) is 11.5 Å². The van der Waals surface area contributed by atoms with Gasteiger partial charge in [0.25, 0.3) is 5.91 Å². The number of nitrogens with zero attached hydrogens (tertiary/aromatic N) is 2. The van der Waals surface area contributed by atoms with E-state index in [-0.39, 0.29) is 35.1 Å². The minimum atomic E-state index is -3.06. The van der Waals surface area contributed by atoms with Gasteiger partial charge in [0, 0.05) is 16.8 Å². The Morgan fingerprint density at radius 3 is 2.50 bits per heavy atom. The molecule has 0 spiro atoms. The summed E-state index contributed by atoms with van der Waals surface area (Å²) in [6.07, 6.45) is 0.229. The molecule has 5 nitrogen and oxygen atoms in total. The van der Waals surface area contributed by atoms with Crippen LogP contribution in [0.2, 0.25) is 5.02 Å². The molecule has 2 atom stereocenters. The molecule has 0 bridgehead atoms. The van der Waals surface area contributed by atoms with Crippen LogP contribution in [0.4, 0.5) is 0 Å². The van der Waals surface area contributed by atoms with Gasteiger partial charge in [0.15, 0.2) is 15.0 Å². The van der Waals surface area contributed by atoms with E-state index in [1.165, 1.54) is 11.8 Å². The summed E-state index contributed by atoms with van der Waals surface area (Å²) >= 11 is 7.37. The van der Waals surface area contributed by atoms with Crippen LogP contribution in [-0.4, -0.2) is 47.2 Å². The molecule has 146 valence electrons. The number of rotatable bonds is 4. The minimum Gasteiger partial charge on any atom is -0.342 e. The molecule has 2 aromatic rings. The lowest BCUT2D eigenvalue weighted by molar-refractivity contribution is -0.117. The Morgan fingerprint density at radius 2 is 1.79 bits per heavy atom. The number of aliphatic imine (C=N–C) groups is 1. The van der Waals surface area contributed by atoms with E-state index in [9.17, 15) is 13.2 Å². The Hall–Kier alpha value is -1.83. The van der Waals surface area contributed by atoms with Gasteiger partial charge in [0.05, 0.1) is 24.0 Å². The van der Waals surface area contributed by atoms with Crippen molar-refractivity contribution in [3.8, 4) is 0 Å². The van der Waals surface area contributed by atoms with Gasteiger partial charge in [-0.15, -0.1) is 0 Å². The summed E-state index contributed by atoms with van der Waals surface area (Å²) < 4.78 is 24.2. The van der Waals surface area contributed by atoms with E-state index in [0.29, 0.717) is 16.7 Å². The summed E-state index contributed by atoms with van der Waals surface area (Å²) in [5.74, 6) is 0.00724. The number of amidine groups is 1. The molecular weight excluding hydrogens is 416 g/mol. The maximum absolute atomic E-state index is 12.5. The summed E-state index contributed by atoms with van der Waals surface area (Å²) in [7, 11) is -3.06. The highest BCUT2D eigenvalue weighted by Crippen LogP contribution is 2.39. The number of amides is 1. The predicted octanol–water partition coefficient (Wildman–Crippen LogP) is 3.18. The lowest BCUT2D eigenvalue weighted by Gasteiger charge is -2.24. The fourth-order valence-electron chi connectivity index (χ4n) is 3.52. The van der Waals surface area contributed by atoms with E-state index in [4.69, 9.17) is 11.6 Å². The number of carbonyl (C=O) groups is 1. The van der Waals surface area contributed by atoms with Crippen molar-refractivity contribution in [3.63, 3.8) is 0 Å². The summed E-state index contributed by atoms with van der Waals surface area (Å²) in [5, 5.41) is 1.18. The third-order valence-electron chi connectivity index (χ3n) is 4.86. The highest BCUT2D eigenvalue weighted by molar-refractivity contribution is 8.15. The number of hydrogen-bond acceptors (Lipinski definition) is 4. The average Bonchev–Trinajstić information content (AvgIpc) is 3.10. The smallest absolute Gasteiger partial charge is 0.252 e. The highest BCUT2D eigenvalue weighted by atomic mass is 35.5. The first-order valence-electron chi connectivity index (χ1n) is 8.93. The van der Waals surface area contributed by atoms with Gasteiger partial charge in [-0.25, -0.2) is 8.42 Å². The van der Waals surface area contributed by atoms with Gasteiger partial charge in [-0.2, -0.15) is 4.99 Å². The van der Waals surface area contributed by atoms with Crippen LogP contribution >= 0.6 is 23.4 Å². The topological polar surface area (TPSA) is 66.8 Å². The van der Waals surface area contributed by atoms with E-state index in [2.05, 4.69) is 4.99 Å². The zero-order valence-electron chi connectivity index (χ0n) is 15.0. The van der Waals surface area contributed by atoms with E-state index in [0.717, 1.165) is 11.1 Å². The van der Waals surface area contributed by atoms with Gasteiger partial charge < -0.3 is 4.90 Å². The zero-order chi connectivity index (χ0) is 19.7. The van der Waals surface area contributed by atoms with E-state index in [1.807, 2.05) is 47.4 Å². The fraction of sp³-hybridized carbons (Fsp3) is 0.300.